The van der Waals surface area contributed by atoms with Crippen molar-refractivity contribution in [1.29, 1.82) is 0 Å². The van der Waals surface area contributed by atoms with E-state index in [0.29, 0.717) is 16.7 Å². The van der Waals surface area contributed by atoms with E-state index >= 15 is 0 Å². The van der Waals surface area contributed by atoms with Crippen molar-refractivity contribution in [1.82, 2.24) is 9.88 Å². The minimum absolute atomic E-state index is 0.193. The maximum atomic E-state index is 13.2. The van der Waals surface area contributed by atoms with Gasteiger partial charge >= 0.3 is 0 Å². The molecular weight excluding hydrogens is 380 g/mol. The summed E-state index contributed by atoms with van der Waals surface area (Å²) in [5, 5.41) is 14.7. The highest BCUT2D eigenvalue weighted by Gasteiger charge is 2.49. The van der Waals surface area contributed by atoms with Gasteiger partial charge in [-0.3, -0.25) is 9.69 Å². The monoisotopic (exact) mass is 398 g/mol. The van der Waals surface area contributed by atoms with E-state index in [-0.39, 0.29) is 12.5 Å². The van der Waals surface area contributed by atoms with Gasteiger partial charge in [0.15, 0.2) is 5.72 Å². The predicted octanol–water partition coefficient (Wildman–Crippen LogP) is 4.66. The summed E-state index contributed by atoms with van der Waals surface area (Å²) >= 11 is 1.54. The maximum Gasteiger partial charge on any atom is 0.257 e. The van der Waals surface area contributed by atoms with E-state index in [1.165, 1.54) is 16.2 Å². The topological polar surface area (TPSA) is 53.4 Å². The zero-order valence-electron chi connectivity index (χ0n) is 15.5. The highest BCUT2D eigenvalue weighted by atomic mass is 32.1. The van der Waals surface area contributed by atoms with Gasteiger partial charge in [0, 0.05) is 27.6 Å². The lowest BCUT2D eigenvalue weighted by molar-refractivity contribution is -0.0547. The van der Waals surface area contributed by atoms with Crippen LogP contribution in [0.4, 0.5) is 0 Å². The number of hydrogen-bond donors (Lipinski definition) is 1. The SMILES string of the molecule is O=C1c2ccccc2[C@@](O)(c2ccccc2)N1Cc1csc(-c2ccccc2)n1. The molecule has 0 spiro atoms. The molecule has 0 bridgehead atoms. The summed E-state index contributed by atoms with van der Waals surface area (Å²) in [6.07, 6.45) is 0. The van der Waals surface area contributed by atoms with Gasteiger partial charge in [-0.05, 0) is 6.07 Å². The second-order valence-electron chi connectivity index (χ2n) is 6.99. The fraction of sp³-hybridized carbons (Fsp3) is 0.0833. The lowest BCUT2D eigenvalue weighted by atomic mass is 9.94. The van der Waals surface area contributed by atoms with Crippen LogP contribution < -0.4 is 0 Å². The highest BCUT2D eigenvalue weighted by Crippen LogP contribution is 2.43. The number of aromatic nitrogens is 1. The average molecular weight is 398 g/mol. The number of thiazole rings is 1. The van der Waals surface area contributed by atoms with Crippen LogP contribution in [0, 0.1) is 0 Å². The van der Waals surface area contributed by atoms with Crippen molar-refractivity contribution in [2.24, 2.45) is 0 Å². The van der Waals surface area contributed by atoms with E-state index in [9.17, 15) is 9.90 Å². The lowest BCUT2D eigenvalue weighted by Gasteiger charge is -2.34. The summed E-state index contributed by atoms with van der Waals surface area (Å²) in [5.74, 6) is -0.193. The van der Waals surface area contributed by atoms with E-state index in [0.717, 1.165) is 16.3 Å². The van der Waals surface area contributed by atoms with Crippen LogP contribution in [-0.2, 0) is 12.3 Å². The van der Waals surface area contributed by atoms with E-state index < -0.39 is 5.72 Å². The molecule has 0 radical (unpaired) electrons. The van der Waals surface area contributed by atoms with E-state index in [2.05, 4.69) is 0 Å². The standard InChI is InChI=1S/C24H18N2O2S/c27-23-20-13-7-8-14-21(20)24(28,18-11-5-2-6-12-18)26(23)15-19-16-29-22(25-19)17-9-3-1-4-10-17/h1-14,16,28H,15H2/t24-/m0/s1. The number of carbonyl (C=O) groups is 1. The molecule has 2 heterocycles. The van der Waals surface area contributed by atoms with Crippen molar-refractivity contribution in [2.45, 2.75) is 12.3 Å². The lowest BCUT2D eigenvalue weighted by Crippen LogP contribution is -2.44. The Bertz CT molecular complexity index is 1170. The van der Waals surface area contributed by atoms with Gasteiger partial charge < -0.3 is 5.11 Å². The number of aliphatic hydroxyl groups is 1. The number of fused-ring (bicyclic) bond motifs is 1. The number of rotatable bonds is 4. The van der Waals surface area contributed by atoms with Crippen LogP contribution in [0.2, 0.25) is 0 Å². The van der Waals surface area contributed by atoms with Crippen LogP contribution in [0.1, 0.15) is 27.2 Å². The molecule has 0 fully saturated rings. The number of hydrogen-bond acceptors (Lipinski definition) is 4. The van der Waals surface area contributed by atoms with Crippen molar-refractivity contribution in [3.63, 3.8) is 0 Å². The summed E-state index contributed by atoms with van der Waals surface area (Å²) in [5.41, 5.74) is 2.07. The fourth-order valence-corrected chi connectivity index (χ4v) is 4.65. The smallest absolute Gasteiger partial charge is 0.257 e. The first kappa shape index (κ1) is 17.8. The Kier molecular flexibility index (Phi) is 4.27. The molecule has 5 heteroatoms. The molecule has 3 aromatic carbocycles. The maximum absolute atomic E-state index is 13.2. The molecule has 4 nitrogen and oxygen atoms in total. The Labute approximate surface area is 172 Å². The molecule has 29 heavy (non-hydrogen) atoms. The summed E-state index contributed by atoms with van der Waals surface area (Å²) < 4.78 is 0. The van der Waals surface area contributed by atoms with Crippen molar-refractivity contribution in [2.75, 3.05) is 0 Å². The van der Waals surface area contributed by atoms with Gasteiger partial charge in [0.1, 0.15) is 5.01 Å². The normalized spacial score (nSPS) is 18.1. The number of benzene rings is 3. The van der Waals surface area contributed by atoms with Gasteiger partial charge in [-0.25, -0.2) is 4.98 Å². The van der Waals surface area contributed by atoms with E-state index in [1.807, 2.05) is 84.2 Å². The van der Waals surface area contributed by atoms with Crippen LogP contribution in [-0.4, -0.2) is 20.9 Å². The second-order valence-corrected chi connectivity index (χ2v) is 7.84. The van der Waals surface area contributed by atoms with Gasteiger partial charge in [-0.15, -0.1) is 11.3 Å². The third-order valence-corrected chi connectivity index (χ3v) is 6.18. The molecule has 1 atom stereocenters. The number of nitrogens with zero attached hydrogens (tertiary/aromatic N) is 2. The first-order chi connectivity index (χ1) is 14.2. The average Bonchev–Trinajstić information content (AvgIpc) is 3.34. The zero-order valence-corrected chi connectivity index (χ0v) is 16.3. The Morgan fingerprint density at radius 1 is 0.897 bits per heavy atom. The Morgan fingerprint density at radius 3 is 2.31 bits per heavy atom. The van der Waals surface area contributed by atoms with Crippen molar-refractivity contribution < 1.29 is 9.90 Å². The molecule has 142 valence electrons. The predicted molar refractivity (Wildman–Crippen MR) is 113 cm³/mol. The molecule has 1 aliphatic heterocycles. The van der Waals surface area contributed by atoms with Crippen molar-refractivity contribution in [3.05, 3.63) is 113 Å². The van der Waals surface area contributed by atoms with Crippen molar-refractivity contribution >= 4 is 17.2 Å². The molecule has 0 saturated carbocycles. The van der Waals surface area contributed by atoms with Crippen molar-refractivity contribution in [3.8, 4) is 10.6 Å². The van der Waals surface area contributed by atoms with Gasteiger partial charge in [-0.2, -0.15) is 0 Å². The number of carbonyl (C=O) groups excluding carboxylic acids is 1. The first-order valence-electron chi connectivity index (χ1n) is 9.37. The molecule has 1 amide bonds. The van der Waals surface area contributed by atoms with Crippen LogP contribution in [0.15, 0.2) is 90.3 Å². The Balaban J connectivity index is 1.56. The zero-order chi connectivity index (χ0) is 19.8. The molecule has 1 aromatic heterocycles. The summed E-state index contributed by atoms with van der Waals surface area (Å²) in [6, 6.07) is 26.5. The second kappa shape index (κ2) is 6.95. The van der Waals surface area contributed by atoms with Gasteiger partial charge in [-0.1, -0.05) is 78.9 Å². The molecule has 1 N–H and O–H groups in total. The van der Waals surface area contributed by atoms with E-state index in [1.54, 1.807) is 6.07 Å². The quantitative estimate of drug-likeness (QED) is 0.544. The van der Waals surface area contributed by atoms with Gasteiger partial charge in [0.25, 0.3) is 5.91 Å². The molecule has 0 saturated heterocycles. The molecule has 4 aromatic rings. The summed E-state index contributed by atoms with van der Waals surface area (Å²) in [6.45, 7) is 0.224. The highest BCUT2D eigenvalue weighted by molar-refractivity contribution is 7.13. The van der Waals surface area contributed by atoms with Gasteiger partial charge in [0.2, 0.25) is 0 Å². The summed E-state index contributed by atoms with van der Waals surface area (Å²) in [4.78, 5) is 19.4. The third kappa shape index (κ3) is 2.87. The minimum Gasteiger partial charge on any atom is -0.363 e. The largest absolute Gasteiger partial charge is 0.363 e. The molecular formula is C24H18N2O2S. The van der Waals surface area contributed by atoms with Crippen LogP contribution in [0.5, 0.6) is 0 Å². The minimum atomic E-state index is -1.52. The van der Waals surface area contributed by atoms with Crippen LogP contribution in [0.3, 0.4) is 0 Å². The molecule has 0 unspecified atom stereocenters. The van der Waals surface area contributed by atoms with Gasteiger partial charge in [0.05, 0.1) is 12.2 Å². The third-order valence-electron chi connectivity index (χ3n) is 5.24. The van der Waals surface area contributed by atoms with Crippen LogP contribution in [0.25, 0.3) is 10.6 Å². The Morgan fingerprint density at radius 2 is 1.55 bits per heavy atom. The molecule has 5 rings (SSSR count). The van der Waals surface area contributed by atoms with Crippen LogP contribution >= 0.6 is 11.3 Å². The molecule has 0 aliphatic carbocycles. The summed E-state index contributed by atoms with van der Waals surface area (Å²) in [7, 11) is 0. The Hall–Kier alpha value is -3.28. The number of amides is 1. The first-order valence-corrected chi connectivity index (χ1v) is 10.2. The molecule has 1 aliphatic rings. The fourth-order valence-electron chi connectivity index (χ4n) is 3.83. The van der Waals surface area contributed by atoms with E-state index in [4.69, 9.17) is 4.98 Å².